The van der Waals surface area contributed by atoms with Gasteiger partial charge < -0.3 is 89.3 Å². The largest absolute Gasteiger partial charge is 0.489 e. The van der Waals surface area contributed by atoms with Crippen LogP contribution >= 0.6 is 0 Å². The Morgan fingerprint density at radius 2 is 0.570 bits per heavy atom. The Balaban J connectivity index is 1.16. The molecule has 0 saturated heterocycles. The number of hydrogen-bond donors (Lipinski definition) is 7. The summed E-state index contributed by atoms with van der Waals surface area (Å²) in [5.74, 6) is -18.3. The van der Waals surface area contributed by atoms with Crippen molar-refractivity contribution in [2.45, 2.75) is 258 Å². The summed E-state index contributed by atoms with van der Waals surface area (Å²) in [7, 11) is 1.53. The van der Waals surface area contributed by atoms with Crippen molar-refractivity contribution in [3.63, 3.8) is 0 Å². The lowest BCUT2D eigenvalue weighted by atomic mass is 9.88. The number of esters is 7. The zero-order chi connectivity index (χ0) is 108. The van der Waals surface area contributed by atoms with Crippen LogP contribution in [0.5, 0.6) is 5.75 Å². The van der Waals surface area contributed by atoms with Crippen LogP contribution < -0.4 is 42.0 Å². The normalized spacial score (nSPS) is 12.9. The average Bonchev–Trinajstić information content (AvgIpc) is 0.838. The zero-order valence-corrected chi connectivity index (χ0v) is 85.6. The third-order valence-electron chi connectivity index (χ3n) is 23.4. The summed E-state index contributed by atoms with van der Waals surface area (Å²) in [4.78, 5) is 248. The molecule has 0 spiro atoms. The Morgan fingerprint density at radius 1 is 0.275 bits per heavy atom. The fourth-order valence-corrected chi connectivity index (χ4v) is 15.4. The lowest BCUT2D eigenvalue weighted by Gasteiger charge is -2.28. The zero-order valence-electron chi connectivity index (χ0n) is 85.6. The highest BCUT2D eigenvalue weighted by Gasteiger charge is 2.39. The van der Waals surface area contributed by atoms with Gasteiger partial charge in [0.1, 0.15) is 81.8 Å². The van der Waals surface area contributed by atoms with E-state index in [0.29, 0.717) is 57.9 Å². The molecule has 0 aliphatic rings. The summed E-state index contributed by atoms with van der Waals surface area (Å²) in [6, 6.07) is 55.6. The first-order chi connectivity index (χ1) is 71.7. The number of amides is 7. The van der Waals surface area contributed by atoms with E-state index in [2.05, 4.69) is 37.2 Å². The third-order valence-corrected chi connectivity index (χ3v) is 23.4. The summed E-state index contributed by atoms with van der Waals surface area (Å²) in [6.45, 7) is 9.58. The van der Waals surface area contributed by atoms with E-state index in [1.165, 1.54) is 7.11 Å². The number of ketones is 3. The maximum Gasteiger partial charge on any atom is 0.308 e. The van der Waals surface area contributed by atoms with Crippen LogP contribution in [0.3, 0.4) is 0 Å². The second kappa shape index (κ2) is 66.3. The van der Waals surface area contributed by atoms with Crippen molar-refractivity contribution in [3.8, 4) is 5.75 Å². The Kier molecular flexibility index (Phi) is 53.1. The molecule has 0 bridgehead atoms. The molecule has 35 nitrogen and oxygen atoms in total. The smallest absolute Gasteiger partial charge is 0.308 e. The minimum atomic E-state index is -1.98. The molecule has 149 heavy (non-hydrogen) atoms. The number of carbonyl (C=O) groups excluding carboxylic acids is 17. The Hall–Kier alpha value is -15.0. The van der Waals surface area contributed by atoms with Gasteiger partial charge in [0.25, 0.3) is 0 Å². The number of benzene rings is 8. The molecule has 0 radical (unpaired) electrons. The van der Waals surface area contributed by atoms with Gasteiger partial charge in [-0.15, -0.1) is 0 Å². The average molecular weight is 2060 g/mol. The van der Waals surface area contributed by atoms with Gasteiger partial charge in [-0.2, -0.15) is 0 Å². The minimum absolute atomic E-state index is 0.0738. The van der Waals surface area contributed by atoms with E-state index in [1.807, 2.05) is 30.3 Å². The van der Waals surface area contributed by atoms with Crippen LogP contribution in [0.4, 0.5) is 0 Å². The van der Waals surface area contributed by atoms with Crippen LogP contribution in [-0.2, 0) is 182 Å². The monoisotopic (exact) mass is 2050 g/mol. The molecule has 7 N–H and O–H groups in total. The van der Waals surface area contributed by atoms with Gasteiger partial charge in [0, 0.05) is 90.3 Å². The molecular weight excluding hydrogens is 1920 g/mol. The summed E-state index contributed by atoms with van der Waals surface area (Å²) in [6.07, 6.45) is -9.11. The number of carbonyl (C=O) groups is 17. The molecule has 7 amide bonds. The fourth-order valence-electron chi connectivity index (χ4n) is 15.4. The number of Topliss-reactive ketones (excluding diaryl/α,β-unsaturated/α-hetero) is 3. The molecule has 0 aliphatic carbocycles. The number of methoxy groups -OCH3 is 1. The number of hydrogen-bond acceptors (Lipinski definition) is 28. The first-order valence-electron chi connectivity index (χ1n) is 50.2. The third kappa shape index (κ3) is 48.9. The van der Waals surface area contributed by atoms with Gasteiger partial charge in [0.05, 0.1) is 51.0 Å². The Bertz CT molecular complexity index is 5550. The van der Waals surface area contributed by atoms with E-state index >= 15 is 33.6 Å². The molecular formula is C114H139N7O28. The SMILES string of the molecule is COCCOCCOCCCC(=O)[C@@H](CCC(=O)OCc1ccccc1)NC(=O)[C@@H](CCC(=O)OCc1ccccc1)NC(=O)[C@@H](CCC(=O)OCc1ccccc1)NC(=O)[C@@H](CCC(=O)OCc1ccccc1)NC(=O)[C@@H](CCC(=O)OCc1ccccc1)NC(=O)[C@H](CCC(=O)OCc1ccccc1)CC(=O)[C@@H](CC(C)C)NC(=O)[C@@H](CC(=O)[C@H](CC(=O)OC(C)(C)C)NC(C)=O)Cc1ccc(OCc2ccccc2)cc1. The van der Waals surface area contributed by atoms with Crippen molar-refractivity contribution in [2.24, 2.45) is 17.8 Å². The van der Waals surface area contributed by atoms with Crippen molar-refractivity contribution in [1.29, 1.82) is 0 Å². The molecule has 35 heteroatoms. The first kappa shape index (κ1) is 119. The topological polar surface area (TPSA) is 476 Å². The second-order valence-electron chi connectivity index (χ2n) is 37.3. The lowest BCUT2D eigenvalue weighted by molar-refractivity contribution is -0.156. The number of rotatable bonds is 69. The molecule has 0 unspecified atom stereocenters. The highest BCUT2D eigenvalue weighted by Crippen LogP contribution is 2.26. The van der Waals surface area contributed by atoms with Crippen molar-refractivity contribution < 1.29 is 134 Å². The molecule has 8 rings (SSSR count). The van der Waals surface area contributed by atoms with Crippen molar-refractivity contribution in [3.05, 3.63) is 281 Å². The predicted octanol–water partition coefficient (Wildman–Crippen LogP) is 12.3. The van der Waals surface area contributed by atoms with Crippen molar-refractivity contribution in [2.75, 3.05) is 40.1 Å². The van der Waals surface area contributed by atoms with Gasteiger partial charge in [-0.05, 0) is 141 Å². The van der Waals surface area contributed by atoms with Gasteiger partial charge >= 0.3 is 41.8 Å². The van der Waals surface area contributed by atoms with Gasteiger partial charge in [0.15, 0.2) is 17.3 Å². The summed E-state index contributed by atoms with van der Waals surface area (Å²) in [5, 5.41) is 18.5. The van der Waals surface area contributed by atoms with E-state index in [1.54, 1.807) is 241 Å². The van der Waals surface area contributed by atoms with Crippen LogP contribution in [0.1, 0.15) is 202 Å². The quantitative estimate of drug-likeness (QED) is 0.0106. The Morgan fingerprint density at radius 3 is 0.913 bits per heavy atom. The number of nitrogens with one attached hydrogen (secondary N) is 7. The van der Waals surface area contributed by atoms with E-state index in [9.17, 15) is 47.9 Å². The van der Waals surface area contributed by atoms with E-state index in [-0.39, 0.29) is 104 Å². The highest BCUT2D eigenvalue weighted by atomic mass is 16.6. The molecule has 8 aromatic rings. The Labute approximate surface area is 869 Å². The summed E-state index contributed by atoms with van der Waals surface area (Å²) < 4.78 is 61.6. The van der Waals surface area contributed by atoms with Gasteiger partial charge in [0.2, 0.25) is 41.4 Å². The first-order valence-corrected chi connectivity index (χ1v) is 50.2. The molecule has 0 aromatic heterocycles. The molecule has 0 fully saturated rings. The van der Waals surface area contributed by atoms with Crippen molar-refractivity contribution >= 4 is 100 Å². The molecule has 8 aromatic carbocycles. The van der Waals surface area contributed by atoms with E-state index < -0.39 is 250 Å². The van der Waals surface area contributed by atoms with Crippen LogP contribution in [0.2, 0.25) is 0 Å². The van der Waals surface area contributed by atoms with Crippen LogP contribution in [0, 0.1) is 17.8 Å². The van der Waals surface area contributed by atoms with Crippen LogP contribution in [-0.4, -0.2) is 189 Å². The van der Waals surface area contributed by atoms with E-state index in [0.717, 1.165) is 12.5 Å². The molecule has 0 saturated carbocycles. The van der Waals surface area contributed by atoms with Gasteiger partial charge in [-0.25, -0.2) is 0 Å². The molecule has 0 heterocycles. The maximum atomic E-state index is 15.8. The molecule has 798 valence electrons. The standard InChI is InChI=1S/C114H139N7O28/c1-78(2)66-96(121-109(134)89(69-100(125)97(115-79(3)122)70-107(132)149-114(4,5)6)67-80-45-48-90(49-46-80)142-71-81-30-15-8-16-31-81)99(124)68-88(47-55-101(126)143-72-82-32-17-9-18-33-82)108(133)117-92(51-57-103(128)145-74-84-36-21-11-22-37-84)111(136)119-94(53-59-105(130)147-76-86-40-25-13-26-41-86)113(138)120-95(54-60-106(131)148-77-87-42-27-14-28-43-87)112(137)118-93(52-58-104(129)146-75-85-38-23-12-24-39-85)110(135)116-91(50-56-102(127)144-73-83-34-19-10-20-35-83)98(123)44-29-61-140-64-65-141-63-62-139-7/h8-28,30-43,45-46,48-49,78,88-89,91-97H,29,44,47,50-77H2,1-7H3,(H,115,122)(H,116,135)(H,117,133)(H,118,137)(H,119,136)(H,120,138)(H,121,134)/t88-,89-,91-,92-,93-,94-,95-,96-,97+/m1/s1. The van der Waals surface area contributed by atoms with Crippen molar-refractivity contribution in [1.82, 2.24) is 37.2 Å². The molecule has 9 atom stereocenters. The maximum absolute atomic E-state index is 15.8. The van der Waals surface area contributed by atoms with Crippen LogP contribution in [0.15, 0.2) is 237 Å². The minimum Gasteiger partial charge on any atom is -0.489 e. The van der Waals surface area contributed by atoms with Gasteiger partial charge in [-0.1, -0.05) is 238 Å². The number of ether oxygens (including phenoxy) is 11. The summed E-state index contributed by atoms with van der Waals surface area (Å²) in [5.41, 5.74) is 3.98. The van der Waals surface area contributed by atoms with Gasteiger partial charge in [-0.3, -0.25) is 81.5 Å². The van der Waals surface area contributed by atoms with E-state index in [4.69, 9.17) is 52.1 Å². The summed E-state index contributed by atoms with van der Waals surface area (Å²) >= 11 is 0. The second-order valence-corrected chi connectivity index (χ2v) is 37.3. The highest BCUT2D eigenvalue weighted by molar-refractivity contribution is 6.00. The molecule has 0 aliphatic heterocycles. The van der Waals surface area contributed by atoms with Crippen LogP contribution in [0.25, 0.3) is 0 Å². The fraction of sp³-hybridized carbons (Fsp3) is 0.430. The predicted molar refractivity (Wildman–Crippen MR) is 547 cm³/mol. The lowest BCUT2D eigenvalue weighted by Crippen LogP contribution is -2.59.